The third-order valence-electron chi connectivity index (χ3n) is 6.33. The van der Waals surface area contributed by atoms with Gasteiger partial charge in [-0.3, -0.25) is 9.59 Å². The Hall–Kier alpha value is -3.36. The number of anilines is 2. The molecule has 0 radical (unpaired) electrons. The van der Waals surface area contributed by atoms with Crippen LogP contribution in [0.4, 0.5) is 11.8 Å². The molecule has 0 spiro atoms. The van der Waals surface area contributed by atoms with Crippen molar-refractivity contribution in [2.45, 2.75) is 46.7 Å². The molecule has 34 heavy (non-hydrogen) atoms. The van der Waals surface area contributed by atoms with Crippen LogP contribution in [-0.2, 0) is 17.8 Å². The normalized spacial score (nSPS) is 15.7. The van der Waals surface area contributed by atoms with E-state index < -0.39 is 0 Å². The Labute approximate surface area is 201 Å². The van der Waals surface area contributed by atoms with E-state index in [0.717, 1.165) is 17.7 Å². The number of carbonyl (C=O) groups excluding carboxylic acids is 2. The number of nitrogens with one attached hydrogen (secondary N) is 1. The molecule has 1 N–H and O–H groups in total. The van der Waals surface area contributed by atoms with Crippen LogP contribution in [0.25, 0.3) is 0 Å². The molecule has 2 amide bonds. The number of aromatic nitrogens is 2. The van der Waals surface area contributed by atoms with Gasteiger partial charge in [-0.25, -0.2) is 4.98 Å². The maximum absolute atomic E-state index is 13.1. The molecule has 2 aliphatic rings. The number of ether oxygens (including phenoxy) is 1. The highest BCUT2D eigenvalue weighted by Crippen LogP contribution is 2.30. The van der Waals surface area contributed by atoms with E-state index in [0.29, 0.717) is 63.3 Å². The van der Waals surface area contributed by atoms with Crippen molar-refractivity contribution in [3.05, 3.63) is 41.1 Å². The van der Waals surface area contributed by atoms with Gasteiger partial charge in [0.05, 0.1) is 13.2 Å². The lowest BCUT2D eigenvalue weighted by Crippen LogP contribution is -2.48. The number of fused-ring (bicyclic) bond motifs is 1. The smallest absolute Gasteiger partial charge is 0.273 e. The van der Waals surface area contributed by atoms with Gasteiger partial charge >= 0.3 is 0 Å². The van der Waals surface area contributed by atoms with Crippen molar-refractivity contribution < 1.29 is 14.3 Å². The van der Waals surface area contributed by atoms with Crippen molar-refractivity contribution in [2.75, 3.05) is 49.5 Å². The number of hydrogen-bond donors (Lipinski definition) is 1. The highest BCUT2D eigenvalue weighted by Gasteiger charge is 2.35. The van der Waals surface area contributed by atoms with Gasteiger partial charge in [-0.15, -0.1) is 0 Å². The minimum atomic E-state index is -0.0523. The van der Waals surface area contributed by atoms with Gasteiger partial charge < -0.3 is 24.8 Å². The van der Waals surface area contributed by atoms with Gasteiger partial charge in [0.25, 0.3) is 5.91 Å². The molecule has 0 saturated carbocycles. The van der Waals surface area contributed by atoms with E-state index in [-0.39, 0.29) is 17.9 Å². The van der Waals surface area contributed by atoms with Crippen LogP contribution in [0, 0.1) is 0 Å². The summed E-state index contributed by atoms with van der Waals surface area (Å²) in [6, 6.07) is 8.18. The molecule has 2 aliphatic heterocycles. The molecule has 9 heteroatoms. The summed E-state index contributed by atoms with van der Waals surface area (Å²) in [5, 5.41) is 3.47. The van der Waals surface area contributed by atoms with Crippen LogP contribution in [0.1, 0.15) is 49.3 Å². The molecule has 2 aromatic rings. The highest BCUT2D eigenvalue weighted by molar-refractivity contribution is 5.98. The summed E-state index contributed by atoms with van der Waals surface area (Å²) < 4.78 is 5.61. The molecule has 1 aromatic heterocycles. The number of rotatable bonds is 8. The van der Waals surface area contributed by atoms with E-state index in [4.69, 9.17) is 9.72 Å². The van der Waals surface area contributed by atoms with Gasteiger partial charge in [0.15, 0.2) is 0 Å². The molecule has 0 unspecified atom stereocenters. The lowest BCUT2D eigenvalue weighted by molar-refractivity contribution is -0.129. The number of amides is 2. The van der Waals surface area contributed by atoms with E-state index in [9.17, 15) is 9.59 Å². The number of piperazine rings is 1. The number of nitrogens with zero attached hydrogens (tertiary/aromatic N) is 5. The molecule has 182 valence electrons. The zero-order valence-corrected chi connectivity index (χ0v) is 20.5. The minimum Gasteiger partial charge on any atom is -0.494 e. The average Bonchev–Trinajstić information content (AvgIpc) is 3.16. The SMILES string of the molecule is CCOc1cccc(CCNc2nc(N3CCN(C(C)=O)CC3)nc3c2CN(C(C)C)C3=O)c1. The van der Waals surface area contributed by atoms with Crippen molar-refractivity contribution in [1.82, 2.24) is 19.8 Å². The summed E-state index contributed by atoms with van der Waals surface area (Å²) >= 11 is 0. The number of hydrogen-bond acceptors (Lipinski definition) is 7. The van der Waals surface area contributed by atoms with Gasteiger partial charge in [0.1, 0.15) is 17.3 Å². The second-order valence-corrected chi connectivity index (χ2v) is 8.98. The van der Waals surface area contributed by atoms with Crippen molar-refractivity contribution in [3.63, 3.8) is 0 Å². The minimum absolute atomic E-state index is 0.0523. The maximum atomic E-state index is 13.1. The Morgan fingerprint density at radius 1 is 1.18 bits per heavy atom. The van der Waals surface area contributed by atoms with Crippen LogP contribution in [0.15, 0.2) is 24.3 Å². The first-order valence-electron chi connectivity index (χ1n) is 12.0. The second kappa shape index (κ2) is 10.3. The Morgan fingerprint density at radius 3 is 2.62 bits per heavy atom. The summed E-state index contributed by atoms with van der Waals surface area (Å²) in [6.07, 6.45) is 0.800. The number of benzene rings is 1. The molecule has 1 fully saturated rings. The van der Waals surface area contributed by atoms with Crippen LogP contribution in [-0.4, -0.2) is 77.0 Å². The summed E-state index contributed by atoms with van der Waals surface area (Å²) in [5.41, 5.74) is 2.51. The Balaban J connectivity index is 1.54. The van der Waals surface area contributed by atoms with Crippen molar-refractivity contribution in [1.29, 1.82) is 0 Å². The van der Waals surface area contributed by atoms with Gasteiger partial charge in [-0.2, -0.15) is 4.98 Å². The molecule has 0 bridgehead atoms. The van der Waals surface area contributed by atoms with Crippen molar-refractivity contribution in [3.8, 4) is 5.75 Å². The molecule has 4 rings (SSSR count). The zero-order chi connectivity index (χ0) is 24.2. The lowest BCUT2D eigenvalue weighted by atomic mass is 10.1. The molecule has 9 nitrogen and oxygen atoms in total. The third-order valence-corrected chi connectivity index (χ3v) is 6.33. The molecule has 1 saturated heterocycles. The molecule has 3 heterocycles. The molecule has 0 atom stereocenters. The van der Waals surface area contributed by atoms with Crippen LogP contribution in [0.5, 0.6) is 5.75 Å². The van der Waals surface area contributed by atoms with Crippen molar-refractivity contribution in [2.24, 2.45) is 0 Å². The van der Waals surface area contributed by atoms with Crippen LogP contribution in [0.3, 0.4) is 0 Å². The van der Waals surface area contributed by atoms with E-state index in [2.05, 4.69) is 27.3 Å². The van der Waals surface area contributed by atoms with Crippen LogP contribution >= 0.6 is 0 Å². The lowest BCUT2D eigenvalue weighted by Gasteiger charge is -2.34. The predicted octanol–water partition coefficient (Wildman–Crippen LogP) is 2.56. The second-order valence-electron chi connectivity index (χ2n) is 8.98. The summed E-state index contributed by atoms with van der Waals surface area (Å²) in [5.74, 6) is 2.15. The molecule has 0 aliphatic carbocycles. The summed E-state index contributed by atoms with van der Waals surface area (Å²) in [7, 11) is 0. The quantitative estimate of drug-likeness (QED) is 0.639. The fraction of sp³-hybridized carbons (Fsp3) is 0.520. The van der Waals surface area contributed by atoms with Gasteiger partial charge in [0.2, 0.25) is 11.9 Å². The molecular weight excluding hydrogens is 432 g/mol. The standard InChI is InChI=1S/C25H34N6O3/c1-5-34-20-8-6-7-19(15-20)9-10-26-23-21-16-31(17(2)3)24(33)22(21)27-25(28-23)30-13-11-29(12-14-30)18(4)32/h6-8,15,17H,5,9-14,16H2,1-4H3,(H,26,27,28). The monoisotopic (exact) mass is 466 g/mol. The Kier molecular flexibility index (Phi) is 7.19. The van der Waals surface area contributed by atoms with E-state index in [1.165, 1.54) is 5.56 Å². The topological polar surface area (TPSA) is 90.9 Å². The van der Waals surface area contributed by atoms with E-state index in [1.54, 1.807) is 6.92 Å². The Bertz CT molecular complexity index is 1050. The summed E-state index contributed by atoms with van der Waals surface area (Å²) in [4.78, 5) is 40.0. The summed E-state index contributed by atoms with van der Waals surface area (Å²) in [6.45, 7) is 11.9. The largest absolute Gasteiger partial charge is 0.494 e. The predicted molar refractivity (Wildman–Crippen MR) is 131 cm³/mol. The van der Waals surface area contributed by atoms with Gasteiger partial charge in [-0.05, 0) is 44.9 Å². The first-order chi connectivity index (χ1) is 16.4. The molecule has 1 aromatic carbocycles. The fourth-order valence-electron chi connectivity index (χ4n) is 4.39. The average molecular weight is 467 g/mol. The fourth-order valence-corrected chi connectivity index (χ4v) is 4.39. The first-order valence-corrected chi connectivity index (χ1v) is 12.0. The molecular formula is C25H34N6O3. The van der Waals surface area contributed by atoms with Crippen molar-refractivity contribution >= 4 is 23.6 Å². The first kappa shape index (κ1) is 23.8. The van der Waals surface area contributed by atoms with Gasteiger partial charge in [0, 0.05) is 51.3 Å². The van der Waals surface area contributed by atoms with E-state index in [1.807, 2.05) is 42.7 Å². The Morgan fingerprint density at radius 2 is 1.94 bits per heavy atom. The zero-order valence-electron chi connectivity index (χ0n) is 20.5. The number of carbonyl (C=O) groups is 2. The highest BCUT2D eigenvalue weighted by atomic mass is 16.5. The third kappa shape index (κ3) is 5.08. The maximum Gasteiger partial charge on any atom is 0.273 e. The van der Waals surface area contributed by atoms with Crippen LogP contribution < -0.4 is 15.0 Å². The van der Waals surface area contributed by atoms with Crippen LogP contribution in [0.2, 0.25) is 0 Å². The van der Waals surface area contributed by atoms with E-state index >= 15 is 0 Å². The van der Waals surface area contributed by atoms with Gasteiger partial charge in [-0.1, -0.05) is 12.1 Å².